The molecule has 2 amide bonds. The summed E-state index contributed by atoms with van der Waals surface area (Å²) in [5, 5.41) is 11.2. The molecule has 8 nitrogen and oxygen atoms in total. The van der Waals surface area contributed by atoms with Crippen molar-refractivity contribution < 1.29 is 14.3 Å². The van der Waals surface area contributed by atoms with Crippen LogP contribution in [0.15, 0.2) is 36.4 Å². The molecule has 2 aromatic rings. The maximum Gasteiger partial charge on any atom is 0.274 e. The van der Waals surface area contributed by atoms with Crippen molar-refractivity contribution in [3.63, 3.8) is 0 Å². The molecule has 1 aromatic carbocycles. The highest BCUT2D eigenvalue weighted by Gasteiger charge is 2.22. The summed E-state index contributed by atoms with van der Waals surface area (Å²) in [4.78, 5) is 26.5. The number of nitrogens with one attached hydrogen (secondary N) is 1. The molecule has 1 aliphatic rings. The zero-order chi connectivity index (χ0) is 18.4. The lowest BCUT2D eigenvalue weighted by Gasteiger charge is -2.32. The molecule has 0 bridgehead atoms. The summed E-state index contributed by atoms with van der Waals surface area (Å²) in [5.41, 5.74) is 1.15. The summed E-state index contributed by atoms with van der Waals surface area (Å²) < 4.78 is 5.40. The average Bonchev–Trinajstić information content (AvgIpc) is 2.70. The van der Waals surface area contributed by atoms with Crippen molar-refractivity contribution in [1.82, 2.24) is 20.0 Å². The van der Waals surface area contributed by atoms with Gasteiger partial charge in [0.1, 0.15) is 5.75 Å². The van der Waals surface area contributed by atoms with E-state index in [4.69, 9.17) is 4.74 Å². The van der Waals surface area contributed by atoms with Gasteiger partial charge in [-0.3, -0.25) is 9.59 Å². The first kappa shape index (κ1) is 17.7. The van der Waals surface area contributed by atoms with Crippen LogP contribution in [0.25, 0.3) is 0 Å². The number of hydrogen-bond donors (Lipinski definition) is 1. The molecule has 0 saturated carbocycles. The molecule has 0 spiro atoms. The molecular weight excluding hydrogens is 334 g/mol. The van der Waals surface area contributed by atoms with E-state index in [9.17, 15) is 9.59 Å². The van der Waals surface area contributed by atoms with Crippen LogP contribution in [0.2, 0.25) is 0 Å². The minimum atomic E-state index is -0.171. The molecule has 0 atom stereocenters. The third-order valence-corrected chi connectivity index (χ3v) is 4.07. The number of hydrogen-bond acceptors (Lipinski definition) is 6. The van der Waals surface area contributed by atoms with Crippen LogP contribution < -0.4 is 10.1 Å². The number of anilines is 2. The number of benzene rings is 1. The largest absolute Gasteiger partial charge is 0.494 e. The number of carbonyl (C=O) groups excluding carboxylic acids is 2. The van der Waals surface area contributed by atoms with Crippen molar-refractivity contribution >= 4 is 23.8 Å². The van der Waals surface area contributed by atoms with Crippen LogP contribution in [-0.4, -0.2) is 65.1 Å². The third kappa shape index (κ3) is 4.27. The Labute approximate surface area is 151 Å². The predicted octanol–water partition coefficient (Wildman–Crippen LogP) is 1.53. The van der Waals surface area contributed by atoms with Crippen LogP contribution in [0.5, 0.6) is 5.75 Å². The Hall–Kier alpha value is -3.16. The molecule has 1 fully saturated rings. The van der Waals surface area contributed by atoms with Gasteiger partial charge in [0, 0.05) is 31.9 Å². The van der Waals surface area contributed by atoms with Gasteiger partial charge in [-0.05, 0) is 43.3 Å². The predicted molar refractivity (Wildman–Crippen MR) is 96.5 cm³/mol. The second kappa shape index (κ2) is 8.28. The van der Waals surface area contributed by atoms with E-state index < -0.39 is 0 Å². The van der Waals surface area contributed by atoms with Gasteiger partial charge in [-0.1, -0.05) is 0 Å². The normalized spacial score (nSPS) is 14.0. The molecule has 1 N–H and O–H groups in total. The van der Waals surface area contributed by atoms with Crippen LogP contribution in [0.1, 0.15) is 17.4 Å². The fourth-order valence-corrected chi connectivity index (χ4v) is 2.65. The van der Waals surface area contributed by atoms with Crippen LogP contribution in [-0.2, 0) is 4.79 Å². The number of aromatic nitrogens is 2. The molecule has 0 unspecified atom stereocenters. The van der Waals surface area contributed by atoms with E-state index >= 15 is 0 Å². The first-order valence-corrected chi connectivity index (χ1v) is 8.52. The highest BCUT2D eigenvalue weighted by Crippen LogP contribution is 2.19. The summed E-state index contributed by atoms with van der Waals surface area (Å²) in [6.45, 7) is 4.65. The summed E-state index contributed by atoms with van der Waals surface area (Å²) >= 11 is 0. The zero-order valence-corrected chi connectivity index (χ0v) is 14.6. The van der Waals surface area contributed by atoms with Gasteiger partial charge in [0.15, 0.2) is 11.5 Å². The fourth-order valence-electron chi connectivity index (χ4n) is 2.65. The lowest BCUT2D eigenvalue weighted by Crippen LogP contribution is -2.48. The maximum absolute atomic E-state index is 12.4. The van der Waals surface area contributed by atoms with Crippen LogP contribution in [0.4, 0.5) is 11.5 Å². The first-order valence-electron chi connectivity index (χ1n) is 8.52. The number of rotatable bonds is 6. The molecule has 1 aromatic heterocycles. The van der Waals surface area contributed by atoms with Crippen molar-refractivity contribution in [1.29, 1.82) is 0 Å². The van der Waals surface area contributed by atoms with Gasteiger partial charge < -0.3 is 19.9 Å². The van der Waals surface area contributed by atoms with E-state index in [1.165, 1.54) is 0 Å². The number of ether oxygens (including phenoxy) is 1. The lowest BCUT2D eigenvalue weighted by atomic mass is 10.2. The summed E-state index contributed by atoms with van der Waals surface area (Å²) in [7, 11) is 0. The Kier molecular flexibility index (Phi) is 5.62. The summed E-state index contributed by atoms with van der Waals surface area (Å²) in [6, 6.07) is 10.9. The Balaban J connectivity index is 1.59. The summed E-state index contributed by atoms with van der Waals surface area (Å²) in [6.07, 6.45) is 0.809. The highest BCUT2D eigenvalue weighted by molar-refractivity contribution is 5.92. The Morgan fingerprint density at radius 2 is 1.85 bits per heavy atom. The van der Waals surface area contributed by atoms with Crippen molar-refractivity contribution in [2.75, 3.05) is 38.1 Å². The van der Waals surface area contributed by atoms with Crippen LogP contribution >= 0.6 is 0 Å². The fraction of sp³-hybridized carbons (Fsp3) is 0.333. The first-order chi connectivity index (χ1) is 12.7. The minimum Gasteiger partial charge on any atom is -0.494 e. The van der Waals surface area contributed by atoms with Crippen LogP contribution in [0.3, 0.4) is 0 Å². The molecule has 1 aliphatic heterocycles. The van der Waals surface area contributed by atoms with Gasteiger partial charge in [-0.15, -0.1) is 10.2 Å². The number of amides is 2. The molecule has 8 heteroatoms. The van der Waals surface area contributed by atoms with E-state index in [-0.39, 0.29) is 5.91 Å². The minimum absolute atomic E-state index is 0.171. The average molecular weight is 355 g/mol. The molecule has 0 radical (unpaired) electrons. The number of piperazine rings is 1. The number of nitrogens with zero attached hydrogens (tertiary/aromatic N) is 4. The van der Waals surface area contributed by atoms with Gasteiger partial charge in [0.2, 0.25) is 6.41 Å². The standard InChI is InChI=1S/C18H21N5O3/c1-2-26-15-5-3-14(4-6-15)19-17-8-7-16(20-21-17)18(25)23-11-9-22(13-24)10-12-23/h3-8,13H,2,9-12H2,1H3,(H,19,21). The molecule has 1 saturated heterocycles. The van der Waals surface area contributed by atoms with Gasteiger partial charge in [0.25, 0.3) is 5.91 Å². The molecule has 136 valence electrons. The Morgan fingerprint density at radius 1 is 1.12 bits per heavy atom. The molecule has 26 heavy (non-hydrogen) atoms. The zero-order valence-electron chi connectivity index (χ0n) is 14.6. The number of carbonyl (C=O) groups is 2. The van der Waals surface area contributed by atoms with E-state index in [1.807, 2.05) is 31.2 Å². The Morgan fingerprint density at radius 3 is 2.42 bits per heavy atom. The lowest BCUT2D eigenvalue weighted by molar-refractivity contribution is -0.119. The second-order valence-corrected chi connectivity index (χ2v) is 5.82. The molecule has 0 aliphatic carbocycles. The van der Waals surface area contributed by atoms with E-state index in [2.05, 4.69) is 15.5 Å². The monoisotopic (exact) mass is 355 g/mol. The smallest absolute Gasteiger partial charge is 0.274 e. The quantitative estimate of drug-likeness (QED) is 0.791. The second-order valence-electron chi connectivity index (χ2n) is 5.82. The molecular formula is C18H21N5O3. The van der Waals surface area contributed by atoms with E-state index in [0.29, 0.717) is 44.3 Å². The molecule has 2 heterocycles. The van der Waals surface area contributed by atoms with Crippen molar-refractivity contribution in [3.8, 4) is 5.75 Å². The maximum atomic E-state index is 12.4. The van der Waals surface area contributed by atoms with Crippen molar-refractivity contribution in [2.24, 2.45) is 0 Å². The molecule has 3 rings (SSSR count). The summed E-state index contributed by atoms with van der Waals surface area (Å²) in [5.74, 6) is 1.19. The topological polar surface area (TPSA) is 87.7 Å². The van der Waals surface area contributed by atoms with Gasteiger partial charge >= 0.3 is 0 Å². The SMILES string of the molecule is CCOc1ccc(Nc2ccc(C(=O)N3CCN(C=O)CC3)nn2)cc1. The van der Waals surface area contributed by atoms with Gasteiger partial charge in [-0.2, -0.15) is 0 Å². The van der Waals surface area contributed by atoms with Crippen molar-refractivity contribution in [2.45, 2.75) is 6.92 Å². The van der Waals surface area contributed by atoms with Crippen molar-refractivity contribution in [3.05, 3.63) is 42.1 Å². The van der Waals surface area contributed by atoms with Gasteiger partial charge in [-0.25, -0.2) is 0 Å². The van der Waals surface area contributed by atoms with Crippen LogP contribution in [0, 0.1) is 0 Å². The van der Waals surface area contributed by atoms with E-state index in [0.717, 1.165) is 17.8 Å². The van der Waals surface area contributed by atoms with Gasteiger partial charge in [0.05, 0.1) is 6.61 Å². The van der Waals surface area contributed by atoms with E-state index in [1.54, 1.807) is 21.9 Å². The highest BCUT2D eigenvalue weighted by atomic mass is 16.5. The Bertz CT molecular complexity index is 740. The third-order valence-electron chi connectivity index (χ3n) is 4.07.